The van der Waals surface area contributed by atoms with Crippen LogP contribution in [0, 0.1) is 11.8 Å². The minimum absolute atomic E-state index is 0.643. The first-order chi connectivity index (χ1) is 7.83. The van der Waals surface area contributed by atoms with Gasteiger partial charge in [-0.2, -0.15) is 0 Å². The van der Waals surface area contributed by atoms with Crippen molar-refractivity contribution in [2.24, 2.45) is 16.8 Å². The Bertz CT molecular complexity index is 286. The minimum Gasteiger partial charge on any atom is -0.362 e. The number of thioether (sulfide) groups is 1. The van der Waals surface area contributed by atoms with Crippen LogP contribution >= 0.6 is 11.8 Å². The number of rotatable bonds is 2. The van der Waals surface area contributed by atoms with E-state index in [9.17, 15) is 0 Å². The molecule has 3 unspecified atom stereocenters. The van der Waals surface area contributed by atoms with Gasteiger partial charge in [0.1, 0.15) is 0 Å². The second-order valence-corrected chi connectivity index (χ2v) is 6.64. The Hall–Kier alpha value is -0.180. The Morgan fingerprint density at radius 1 is 1.25 bits per heavy atom. The Kier molecular flexibility index (Phi) is 3.14. The average Bonchev–Trinajstić information content (AvgIpc) is 3.12. The molecule has 1 N–H and O–H groups in total. The summed E-state index contributed by atoms with van der Waals surface area (Å²) in [6, 6.07) is 1.29. The summed E-state index contributed by atoms with van der Waals surface area (Å²) in [6.45, 7) is 2.31. The van der Waals surface area contributed by atoms with E-state index < -0.39 is 0 Å². The standard InChI is InChI=1S/C13H22N2S/c1-9(10-6-7-10)14-13-15-12-5-3-2-4-11(12)8-16-13/h9-12H,2-8H2,1H3,(H,14,15). The van der Waals surface area contributed by atoms with Gasteiger partial charge >= 0.3 is 0 Å². The number of fused-ring (bicyclic) bond motifs is 1. The summed E-state index contributed by atoms with van der Waals surface area (Å²) in [5, 5.41) is 4.87. The first-order valence-electron chi connectivity index (χ1n) is 6.80. The molecule has 3 heteroatoms. The van der Waals surface area contributed by atoms with E-state index in [1.54, 1.807) is 0 Å². The Morgan fingerprint density at radius 3 is 2.88 bits per heavy atom. The highest BCUT2D eigenvalue weighted by atomic mass is 32.2. The molecule has 2 saturated carbocycles. The molecule has 90 valence electrons. The summed E-state index contributed by atoms with van der Waals surface area (Å²) >= 11 is 1.96. The number of aliphatic imine (C=N–C) groups is 1. The molecule has 2 fully saturated rings. The summed E-state index contributed by atoms with van der Waals surface area (Å²) in [6.07, 6.45) is 8.39. The number of nitrogens with zero attached hydrogens (tertiary/aromatic N) is 1. The largest absolute Gasteiger partial charge is 0.362 e. The van der Waals surface area contributed by atoms with Crippen LogP contribution < -0.4 is 5.32 Å². The highest BCUT2D eigenvalue weighted by Gasteiger charge is 2.32. The zero-order valence-electron chi connectivity index (χ0n) is 10.1. The fourth-order valence-electron chi connectivity index (χ4n) is 2.91. The first kappa shape index (κ1) is 10.9. The molecule has 16 heavy (non-hydrogen) atoms. The molecule has 0 radical (unpaired) electrons. The van der Waals surface area contributed by atoms with Gasteiger partial charge in [-0.3, -0.25) is 4.99 Å². The summed E-state index contributed by atoms with van der Waals surface area (Å²) in [5.41, 5.74) is 0. The van der Waals surface area contributed by atoms with Crippen molar-refractivity contribution in [1.29, 1.82) is 0 Å². The van der Waals surface area contributed by atoms with Crippen molar-refractivity contribution in [3.8, 4) is 0 Å². The van der Waals surface area contributed by atoms with Crippen LogP contribution in [0.15, 0.2) is 4.99 Å². The van der Waals surface area contributed by atoms with Gasteiger partial charge in [-0.15, -0.1) is 0 Å². The van der Waals surface area contributed by atoms with Crippen LogP contribution in [-0.2, 0) is 0 Å². The molecule has 0 spiro atoms. The van der Waals surface area contributed by atoms with Gasteiger partial charge in [0.2, 0.25) is 0 Å². The minimum atomic E-state index is 0.643. The zero-order chi connectivity index (χ0) is 11.0. The van der Waals surface area contributed by atoms with Gasteiger partial charge in [0.15, 0.2) is 5.17 Å². The molecule has 0 amide bonds. The van der Waals surface area contributed by atoms with Gasteiger partial charge in [-0.25, -0.2) is 0 Å². The van der Waals surface area contributed by atoms with Crippen LogP contribution in [0.3, 0.4) is 0 Å². The van der Waals surface area contributed by atoms with Gasteiger partial charge in [0.25, 0.3) is 0 Å². The van der Waals surface area contributed by atoms with Gasteiger partial charge in [-0.05, 0) is 44.4 Å². The maximum atomic E-state index is 4.92. The van der Waals surface area contributed by atoms with E-state index in [0.717, 1.165) is 11.8 Å². The highest BCUT2D eigenvalue weighted by molar-refractivity contribution is 8.13. The lowest BCUT2D eigenvalue weighted by Crippen LogP contribution is -2.38. The normalized spacial score (nSPS) is 36.2. The molecule has 3 atom stereocenters. The molecule has 0 aromatic heterocycles. The molecule has 1 aliphatic heterocycles. The van der Waals surface area contributed by atoms with Crippen molar-refractivity contribution in [2.45, 2.75) is 57.5 Å². The lowest BCUT2D eigenvalue weighted by atomic mass is 9.86. The van der Waals surface area contributed by atoms with Gasteiger partial charge in [0, 0.05) is 11.8 Å². The van der Waals surface area contributed by atoms with Crippen LogP contribution in [0.4, 0.5) is 0 Å². The quantitative estimate of drug-likeness (QED) is 0.799. The second kappa shape index (κ2) is 4.59. The van der Waals surface area contributed by atoms with Crippen molar-refractivity contribution >= 4 is 16.9 Å². The van der Waals surface area contributed by atoms with Crippen molar-refractivity contribution in [2.75, 3.05) is 5.75 Å². The van der Waals surface area contributed by atoms with Crippen molar-refractivity contribution in [1.82, 2.24) is 5.32 Å². The molecule has 0 saturated heterocycles. The molecular weight excluding hydrogens is 216 g/mol. The van der Waals surface area contributed by atoms with Crippen LogP contribution in [0.5, 0.6) is 0 Å². The van der Waals surface area contributed by atoms with E-state index in [2.05, 4.69) is 12.2 Å². The van der Waals surface area contributed by atoms with Crippen molar-refractivity contribution < 1.29 is 0 Å². The summed E-state index contributed by atoms with van der Waals surface area (Å²) in [7, 11) is 0. The van der Waals surface area contributed by atoms with E-state index in [0.29, 0.717) is 12.1 Å². The zero-order valence-corrected chi connectivity index (χ0v) is 10.9. The van der Waals surface area contributed by atoms with Crippen molar-refractivity contribution in [3.05, 3.63) is 0 Å². The Labute approximate surface area is 103 Å². The number of nitrogens with one attached hydrogen (secondary N) is 1. The molecule has 3 aliphatic rings. The van der Waals surface area contributed by atoms with E-state index in [4.69, 9.17) is 4.99 Å². The molecule has 3 rings (SSSR count). The van der Waals surface area contributed by atoms with E-state index in [-0.39, 0.29) is 0 Å². The molecule has 0 aromatic carbocycles. The smallest absolute Gasteiger partial charge is 0.157 e. The third-order valence-corrected chi connectivity index (χ3v) is 5.36. The third kappa shape index (κ3) is 2.39. The van der Waals surface area contributed by atoms with E-state index in [1.807, 2.05) is 11.8 Å². The maximum Gasteiger partial charge on any atom is 0.157 e. The summed E-state index contributed by atoms with van der Waals surface area (Å²) < 4.78 is 0. The predicted molar refractivity (Wildman–Crippen MR) is 71.0 cm³/mol. The predicted octanol–water partition coefficient (Wildman–Crippen LogP) is 3.04. The number of hydrogen-bond donors (Lipinski definition) is 1. The summed E-state index contributed by atoms with van der Waals surface area (Å²) in [5.74, 6) is 3.10. The second-order valence-electron chi connectivity index (χ2n) is 5.63. The average molecular weight is 238 g/mol. The molecule has 1 heterocycles. The van der Waals surface area contributed by atoms with Gasteiger partial charge < -0.3 is 5.32 Å². The molecule has 0 bridgehead atoms. The fourth-order valence-corrected chi connectivity index (χ4v) is 4.15. The van der Waals surface area contributed by atoms with Gasteiger partial charge in [0.05, 0.1) is 6.04 Å². The van der Waals surface area contributed by atoms with Crippen LogP contribution in [0.25, 0.3) is 0 Å². The van der Waals surface area contributed by atoms with Crippen LogP contribution in [0.1, 0.15) is 45.4 Å². The SMILES string of the molecule is CC(NC1=NC2CCCCC2CS1)C1CC1. The maximum absolute atomic E-state index is 4.92. The Morgan fingerprint density at radius 2 is 2.06 bits per heavy atom. The molecule has 0 aromatic rings. The van der Waals surface area contributed by atoms with E-state index in [1.165, 1.54) is 49.4 Å². The molecule has 2 nitrogen and oxygen atoms in total. The summed E-state index contributed by atoms with van der Waals surface area (Å²) in [4.78, 5) is 4.92. The van der Waals surface area contributed by atoms with Crippen LogP contribution in [-0.4, -0.2) is 23.0 Å². The van der Waals surface area contributed by atoms with Gasteiger partial charge in [-0.1, -0.05) is 24.6 Å². The van der Waals surface area contributed by atoms with Crippen molar-refractivity contribution in [3.63, 3.8) is 0 Å². The number of amidine groups is 1. The fraction of sp³-hybridized carbons (Fsp3) is 0.923. The molecule has 2 aliphatic carbocycles. The van der Waals surface area contributed by atoms with E-state index >= 15 is 0 Å². The topological polar surface area (TPSA) is 24.4 Å². The Balaban J connectivity index is 1.60. The monoisotopic (exact) mass is 238 g/mol. The molecular formula is C13H22N2S. The lowest BCUT2D eigenvalue weighted by Gasteiger charge is -2.33. The third-order valence-electron chi connectivity index (χ3n) is 4.27. The highest BCUT2D eigenvalue weighted by Crippen LogP contribution is 2.35. The van der Waals surface area contributed by atoms with Crippen LogP contribution in [0.2, 0.25) is 0 Å². The lowest BCUT2D eigenvalue weighted by molar-refractivity contribution is 0.335. The number of hydrogen-bond acceptors (Lipinski definition) is 3. The first-order valence-corrected chi connectivity index (χ1v) is 7.78.